The molecule has 0 amide bonds. The molecule has 0 aromatic carbocycles. The summed E-state index contributed by atoms with van der Waals surface area (Å²) in [4.78, 5) is 20.0. The van der Waals surface area contributed by atoms with Crippen molar-refractivity contribution in [2.45, 2.75) is 12.5 Å². The van der Waals surface area contributed by atoms with Crippen molar-refractivity contribution in [3.8, 4) is 0 Å². The van der Waals surface area contributed by atoms with Crippen LogP contribution in [0.5, 0.6) is 0 Å². The molecular formula is C6H10FO7P. The van der Waals surface area contributed by atoms with Crippen LogP contribution < -0.4 is 0 Å². The molecule has 2 heterocycles. The van der Waals surface area contributed by atoms with Crippen LogP contribution in [0.2, 0.25) is 0 Å². The van der Waals surface area contributed by atoms with Gasteiger partial charge in [0.1, 0.15) is 0 Å². The molecule has 2 atom stereocenters. The van der Waals surface area contributed by atoms with Gasteiger partial charge in [0.2, 0.25) is 0 Å². The molecule has 9 heteroatoms. The van der Waals surface area contributed by atoms with Crippen molar-refractivity contribution in [3.63, 3.8) is 0 Å². The van der Waals surface area contributed by atoms with E-state index >= 15 is 0 Å². The number of hydrogen-bond donors (Lipinski definition) is 1. The number of ether oxygens (including phenoxy) is 2. The van der Waals surface area contributed by atoms with Crippen molar-refractivity contribution >= 4 is 14.3 Å². The van der Waals surface area contributed by atoms with Gasteiger partial charge in [0.25, 0.3) is 0 Å². The van der Waals surface area contributed by atoms with Gasteiger partial charge < -0.3 is 0 Å². The summed E-state index contributed by atoms with van der Waals surface area (Å²) in [6.07, 6.45) is -4.18. The van der Waals surface area contributed by atoms with E-state index in [1.807, 2.05) is 0 Å². The summed E-state index contributed by atoms with van der Waals surface area (Å²) in [5.41, 5.74) is 0. The van der Waals surface area contributed by atoms with Gasteiger partial charge in [-0.25, -0.2) is 0 Å². The van der Waals surface area contributed by atoms with Crippen LogP contribution in [0.3, 0.4) is 0 Å². The first-order valence-corrected chi connectivity index (χ1v) is 5.92. The van der Waals surface area contributed by atoms with Crippen molar-refractivity contribution in [3.05, 3.63) is 0 Å². The number of halogens is 1. The van der Waals surface area contributed by atoms with Crippen molar-refractivity contribution in [2.24, 2.45) is 0 Å². The van der Waals surface area contributed by atoms with Gasteiger partial charge in [-0.1, -0.05) is 0 Å². The van der Waals surface area contributed by atoms with Crippen LogP contribution in [0.1, 0.15) is 0 Å². The second-order valence-electron chi connectivity index (χ2n) is 2.91. The molecular weight excluding hydrogens is 234 g/mol. The van der Waals surface area contributed by atoms with Crippen LogP contribution in [0.15, 0.2) is 0 Å². The molecule has 2 rings (SSSR count). The van der Waals surface area contributed by atoms with Gasteiger partial charge in [-0.05, 0) is 0 Å². The maximum absolute atomic E-state index is 12.8. The summed E-state index contributed by atoms with van der Waals surface area (Å²) < 4.78 is 35.8. The van der Waals surface area contributed by atoms with Crippen LogP contribution >= 0.6 is 8.17 Å². The minimum absolute atomic E-state index is 0.225. The van der Waals surface area contributed by atoms with Crippen molar-refractivity contribution in [1.82, 2.24) is 0 Å². The van der Waals surface area contributed by atoms with Gasteiger partial charge in [0.15, 0.2) is 0 Å². The van der Waals surface area contributed by atoms with Crippen LogP contribution in [0.4, 0.5) is 9.18 Å². The minimum atomic E-state index is -3.62. The first-order valence-electron chi connectivity index (χ1n) is 4.25. The zero-order valence-corrected chi connectivity index (χ0v) is 8.55. The molecule has 0 aliphatic carbocycles. The third-order valence-corrected chi connectivity index (χ3v) is 3.50. The molecule has 15 heavy (non-hydrogen) atoms. The molecule has 2 saturated heterocycles. The fraction of sp³-hybridized carbons (Fsp3) is 0.833. The van der Waals surface area contributed by atoms with Crippen molar-refractivity contribution in [1.29, 1.82) is 0 Å². The molecule has 1 N–H and O–H groups in total. The fourth-order valence-corrected chi connectivity index (χ4v) is 2.44. The predicted octanol–water partition coefficient (Wildman–Crippen LogP) is 0.283. The molecule has 2 aliphatic heterocycles. The van der Waals surface area contributed by atoms with Crippen molar-refractivity contribution < 1.29 is 37.1 Å². The number of rotatable bonds is 3. The first kappa shape index (κ1) is 11.0. The van der Waals surface area contributed by atoms with E-state index in [4.69, 9.17) is 13.6 Å². The average Bonchev–Trinajstić information content (AvgIpc) is 2.71. The Labute approximate surface area is 84.7 Å². The third kappa shape index (κ3) is 2.53. The predicted molar refractivity (Wildman–Crippen MR) is 44.6 cm³/mol. The number of alkyl halides is 1. The Morgan fingerprint density at radius 3 is 2.67 bits per heavy atom. The van der Waals surface area contributed by atoms with Crippen LogP contribution in [0.25, 0.3) is 0 Å². The fourth-order valence-electron chi connectivity index (χ4n) is 1.14. The Morgan fingerprint density at radius 1 is 1.47 bits per heavy atom. The van der Waals surface area contributed by atoms with E-state index in [2.05, 4.69) is 9.47 Å². The summed E-state index contributed by atoms with van der Waals surface area (Å²) >= 11 is 0. The quantitative estimate of drug-likeness (QED) is 0.564. The van der Waals surface area contributed by atoms with Gasteiger partial charge in [-0.2, -0.15) is 0 Å². The van der Waals surface area contributed by atoms with E-state index in [9.17, 15) is 14.1 Å². The summed E-state index contributed by atoms with van der Waals surface area (Å²) in [5, 5.41) is 0. The maximum atomic E-state index is 12.8. The Morgan fingerprint density at radius 2 is 2.13 bits per heavy atom. The van der Waals surface area contributed by atoms with Gasteiger partial charge >= 0.3 is 83.7 Å². The second-order valence-corrected chi connectivity index (χ2v) is 4.82. The third-order valence-electron chi connectivity index (χ3n) is 1.83. The molecule has 2 fully saturated rings. The summed E-state index contributed by atoms with van der Waals surface area (Å²) in [5.74, 6) is 0. The van der Waals surface area contributed by atoms with Gasteiger partial charge in [0.05, 0.1) is 0 Å². The summed E-state index contributed by atoms with van der Waals surface area (Å²) in [6.45, 7) is 0.0844. The molecule has 2 aliphatic rings. The number of cyclic esters (lactones) is 2. The van der Waals surface area contributed by atoms with Crippen molar-refractivity contribution in [2.75, 3.05) is 19.8 Å². The van der Waals surface area contributed by atoms with Gasteiger partial charge in [-0.15, -0.1) is 0 Å². The van der Waals surface area contributed by atoms with E-state index in [0.717, 1.165) is 0 Å². The molecule has 0 aromatic heterocycles. The van der Waals surface area contributed by atoms with E-state index in [0.29, 0.717) is 0 Å². The number of carbonyl (C=O) groups is 1. The standard InChI is InChI=1S/C6H10FO7P/c7-5-4(13-6(8)14-5)3-12-15(9)10-1-2-11-15/h4-5,9,15H,1-3H2. The summed E-state index contributed by atoms with van der Waals surface area (Å²) in [6, 6.07) is 0. The Hall–Kier alpha value is -0.530. The second kappa shape index (κ2) is 4.15. The normalized spacial score (nSPS) is 36.0. The van der Waals surface area contributed by atoms with E-state index < -0.39 is 26.8 Å². The monoisotopic (exact) mass is 244 g/mol. The van der Waals surface area contributed by atoms with Gasteiger partial charge in [0, 0.05) is 0 Å². The van der Waals surface area contributed by atoms with E-state index in [-0.39, 0.29) is 19.8 Å². The van der Waals surface area contributed by atoms with E-state index in [1.54, 1.807) is 0 Å². The number of carbonyl (C=O) groups excluding carboxylic acids is 1. The molecule has 88 valence electrons. The molecule has 0 saturated carbocycles. The zero-order valence-electron chi connectivity index (χ0n) is 7.55. The molecule has 2 unspecified atom stereocenters. The van der Waals surface area contributed by atoms with E-state index in [1.165, 1.54) is 0 Å². The Kier molecular flexibility index (Phi) is 3.03. The van der Waals surface area contributed by atoms with Crippen LogP contribution in [-0.2, 0) is 23.0 Å². The average molecular weight is 244 g/mol. The van der Waals surface area contributed by atoms with Crippen LogP contribution in [0, 0.1) is 0 Å². The molecule has 7 nitrogen and oxygen atoms in total. The van der Waals surface area contributed by atoms with Crippen LogP contribution in [-0.4, -0.2) is 43.3 Å². The van der Waals surface area contributed by atoms with Gasteiger partial charge in [-0.3, -0.25) is 0 Å². The Bertz CT molecular complexity index is 256. The number of hydrogen-bond acceptors (Lipinski definition) is 7. The topological polar surface area (TPSA) is 83.5 Å². The molecule has 0 radical (unpaired) electrons. The Balaban J connectivity index is 1.80. The molecule has 0 spiro atoms. The molecule has 0 aromatic rings. The first-order chi connectivity index (χ1) is 7.09. The summed E-state index contributed by atoms with van der Waals surface area (Å²) in [7, 11) is -3.62. The SMILES string of the molecule is O=C1OC(F)C(CO[PH]2(O)OCCO2)O1. The molecule has 0 bridgehead atoms. The zero-order chi connectivity index (χ0) is 10.9.